The number of rotatable bonds is 6. The minimum absolute atomic E-state index is 0.0362. The molecule has 0 aromatic carbocycles. The second-order valence-electron chi connectivity index (χ2n) is 4.58. The smallest absolute Gasteiger partial charge is 0.228 e. The summed E-state index contributed by atoms with van der Waals surface area (Å²) in [6, 6.07) is 0. The van der Waals surface area contributed by atoms with Gasteiger partial charge in [-0.1, -0.05) is 19.8 Å². The number of hydrogen-bond acceptors (Lipinski definition) is 3. The van der Waals surface area contributed by atoms with Crippen molar-refractivity contribution in [3.63, 3.8) is 0 Å². The van der Waals surface area contributed by atoms with E-state index in [1.165, 1.54) is 0 Å². The van der Waals surface area contributed by atoms with Gasteiger partial charge >= 0.3 is 0 Å². The van der Waals surface area contributed by atoms with Gasteiger partial charge < -0.3 is 15.1 Å². The molecule has 0 heterocycles. The summed E-state index contributed by atoms with van der Waals surface area (Å²) >= 11 is 0. The summed E-state index contributed by atoms with van der Waals surface area (Å²) in [5, 5.41) is 17.9. The highest BCUT2D eigenvalue weighted by Crippen LogP contribution is 2.42. The lowest BCUT2D eigenvalue weighted by molar-refractivity contribution is -0.143. The fourth-order valence-corrected chi connectivity index (χ4v) is 2.66. The lowest BCUT2D eigenvalue weighted by Crippen LogP contribution is -2.45. The normalized spacial score (nSPS) is 18.7. The Morgan fingerprint density at radius 1 is 1.19 bits per heavy atom. The number of aliphatic hydroxyl groups is 2. The van der Waals surface area contributed by atoms with E-state index < -0.39 is 0 Å². The highest BCUT2D eigenvalue weighted by atomic mass is 16.3. The Morgan fingerprint density at radius 3 is 2.06 bits per heavy atom. The maximum atomic E-state index is 12.4. The predicted octanol–water partition coefficient (Wildman–Crippen LogP) is 0.770. The molecule has 0 unspecified atom stereocenters. The van der Waals surface area contributed by atoms with E-state index in [1.807, 2.05) is 0 Å². The SMILES string of the molecule is CCC1(C(=O)N(CCO)CCO)CCCC1. The molecule has 4 heteroatoms. The second kappa shape index (κ2) is 6.21. The van der Waals surface area contributed by atoms with Crippen molar-refractivity contribution in [3.8, 4) is 0 Å². The lowest BCUT2D eigenvalue weighted by atomic mass is 9.82. The van der Waals surface area contributed by atoms with Crippen molar-refractivity contribution >= 4 is 5.91 Å². The van der Waals surface area contributed by atoms with Crippen LogP contribution in [0.1, 0.15) is 39.0 Å². The molecule has 1 aliphatic rings. The summed E-state index contributed by atoms with van der Waals surface area (Å²) < 4.78 is 0. The molecule has 0 bridgehead atoms. The molecule has 0 saturated heterocycles. The van der Waals surface area contributed by atoms with E-state index in [0.29, 0.717) is 13.1 Å². The number of nitrogens with zero attached hydrogens (tertiary/aromatic N) is 1. The van der Waals surface area contributed by atoms with Crippen molar-refractivity contribution in [2.45, 2.75) is 39.0 Å². The lowest BCUT2D eigenvalue weighted by Gasteiger charge is -2.33. The van der Waals surface area contributed by atoms with Crippen LogP contribution in [-0.2, 0) is 4.79 Å². The van der Waals surface area contributed by atoms with Crippen molar-refractivity contribution in [3.05, 3.63) is 0 Å². The van der Waals surface area contributed by atoms with E-state index in [9.17, 15) is 4.79 Å². The fourth-order valence-electron chi connectivity index (χ4n) is 2.66. The van der Waals surface area contributed by atoms with Crippen LogP contribution in [0.2, 0.25) is 0 Å². The van der Waals surface area contributed by atoms with Gasteiger partial charge in [-0.05, 0) is 19.3 Å². The Bertz CT molecular complexity index is 218. The molecule has 2 N–H and O–H groups in total. The van der Waals surface area contributed by atoms with Gasteiger partial charge in [0.05, 0.1) is 13.2 Å². The Kier molecular flexibility index (Phi) is 5.22. The molecular weight excluding hydrogens is 206 g/mol. The Morgan fingerprint density at radius 2 is 1.69 bits per heavy atom. The average molecular weight is 229 g/mol. The number of carbonyl (C=O) groups is 1. The first kappa shape index (κ1) is 13.5. The van der Waals surface area contributed by atoms with E-state index in [4.69, 9.17) is 10.2 Å². The van der Waals surface area contributed by atoms with Crippen molar-refractivity contribution < 1.29 is 15.0 Å². The number of hydrogen-bond donors (Lipinski definition) is 2. The van der Waals surface area contributed by atoms with E-state index in [-0.39, 0.29) is 24.5 Å². The van der Waals surface area contributed by atoms with E-state index in [2.05, 4.69) is 6.92 Å². The fraction of sp³-hybridized carbons (Fsp3) is 0.917. The Balaban J connectivity index is 2.70. The molecule has 94 valence electrons. The van der Waals surface area contributed by atoms with Crippen LogP contribution in [0, 0.1) is 5.41 Å². The van der Waals surface area contributed by atoms with Crippen molar-refractivity contribution in [2.24, 2.45) is 5.41 Å². The molecule has 1 amide bonds. The quantitative estimate of drug-likeness (QED) is 0.707. The van der Waals surface area contributed by atoms with Gasteiger partial charge in [0.15, 0.2) is 0 Å². The maximum absolute atomic E-state index is 12.4. The number of carbonyl (C=O) groups excluding carboxylic acids is 1. The minimum atomic E-state index is -0.218. The van der Waals surface area contributed by atoms with E-state index >= 15 is 0 Å². The maximum Gasteiger partial charge on any atom is 0.228 e. The first-order valence-electron chi connectivity index (χ1n) is 6.21. The van der Waals surface area contributed by atoms with Gasteiger partial charge in [0, 0.05) is 18.5 Å². The van der Waals surface area contributed by atoms with Crippen molar-refractivity contribution in [1.82, 2.24) is 4.90 Å². The third-order valence-electron chi connectivity index (χ3n) is 3.72. The summed E-state index contributed by atoms with van der Waals surface area (Å²) in [6.07, 6.45) is 5.00. The molecule has 0 aromatic heterocycles. The summed E-state index contributed by atoms with van der Waals surface area (Å²) in [7, 11) is 0. The van der Waals surface area contributed by atoms with Gasteiger partial charge in [0.2, 0.25) is 5.91 Å². The zero-order chi connectivity index (χ0) is 12.0. The first-order valence-corrected chi connectivity index (χ1v) is 6.21. The van der Waals surface area contributed by atoms with Gasteiger partial charge in [0.25, 0.3) is 0 Å². The molecule has 0 aromatic rings. The number of aliphatic hydroxyl groups excluding tert-OH is 2. The molecule has 0 radical (unpaired) electrons. The average Bonchev–Trinajstić information content (AvgIpc) is 2.77. The zero-order valence-electron chi connectivity index (χ0n) is 10.1. The van der Waals surface area contributed by atoms with Crippen LogP contribution >= 0.6 is 0 Å². The summed E-state index contributed by atoms with van der Waals surface area (Å²) in [5.74, 6) is 0.121. The number of amides is 1. The standard InChI is InChI=1S/C12H23NO3/c1-2-12(5-3-4-6-12)11(16)13(7-9-14)8-10-15/h14-15H,2-10H2,1H3. The Hall–Kier alpha value is -0.610. The van der Waals surface area contributed by atoms with E-state index in [0.717, 1.165) is 32.1 Å². The molecule has 16 heavy (non-hydrogen) atoms. The molecule has 1 aliphatic carbocycles. The van der Waals surface area contributed by atoms with Crippen LogP contribution in [0.3, 0.4) is 0 Å². The highest BCUT2D eigenvalue weighted by Gasteiger charge is 2.41. The first-order chi connectivity index (χ1) is 7.70. The third-order valence-corrected chi connectivity index (χ3v) is 3.72. The second-order valence-corrected chi connectivity index (χ2v) is 4.58. The molecule has 0 atom stereocenters. The predicted molar refractivity (Wildman–Crippen MR) is 61.9 cm³/mol. The van der Waals surface area contributed by atoms with Crippen LogP contribution in [0.5, 0.6) is 0 Å². The van der Waals surface area contributed by atoms with Crippen LogP contribution in [0.4, 0.5) is 0 Å². The third kappa shape index (κ3) is 2.74. The van der Waals surface area contributed by atoms with E-state index in [1.54, 1.807) is 4.90 Å². The van der Waals surface area contributed by atoms with Crippen LogP contribution < -0.4 is 0 Å². The van der Waals surface area contributed by atoms with Crippen molar-refractivity contribution in [1.29, 1.82) is 0 Å². The van der Waals surface area contributed by atoms with Gasteiger partial charge in [-0.15, -0.1) is 0 Å². The van der Waals surface area contributed by atoms with Gasteiger partial charge in [0.1, 0.15) is 0 Å². The molecule has 0 aliphatic heterocycles. The highest BCUT2D eigenvalue weighted by molar-refractivity contribution is 5.83. The van der Waals surface area contributed by atoms with Gasteiger partial charge in [-0.3, -0.25) is 4.79 Å². The molecule has 0 spiro atoms. The topological polar surface area (TPSA) is 60.8 Å². The zero-order valence-corrected chi connectivity index (χ0v) is 10.1. The Labute approximate surface area is 97.3 Å². The molecular formula is C12H23NO3. The molecule has 4 nitrogen and oxygen atoms in total. The van der Waals surface area contributed by atoms with Crippen molar-refractivity contribution in [2.75, 3.05) is 26.3 Å². The van der Waals surface area contributed by atoms with Crippen LogP contribution in [-0.4, -0.2) is 47.3 Å². The minimum Gasteiger partial charge on any atom is -0.395 e. The molecule has 1 saturated carbocycles. The van der Waals surface area contributed by atoms with Crippen LogP contribution in [0.15, 0.2) is 0 Å². The molecule has 1 rings (SSSR count). The van der Waals surface area contributed by atoms with Gasteiger partial charge in [-0.25, -0.2) is 0 Å². The summed E-state index contributed by atoms with van der Waals surface area (Å²) in [6.45, 7) is 2.65. The monoisotopic (exact) mass is 229 g/mol. The molecule has 1 fully saturated rings. The summed E-state index contributed by atoms with van der Waals surface area (Å²) in [4.78, 5) is 14.0. The van der Waals surface area contributed by atoms with Crippen LogP contribution in [0.25, 0.3) is 0 Å². The summed E-state index contributed by atoms with van der Waals surface area (Å²) in [5.41, 5.74) is -0.218. The largest absolute Gasteiger partial charge is 0.395 e. The van der Waals surface area contributed by atoms with Gasteiger partial charge in [-0.2, -0.15) is 0 Å².